The summed E-state index contributed by atoms with van der Waals surface area (Å²) in [5.41, 5.74) is 0.453. The Morgan fingerprint density at radius 2 is 2.12 bits per heavy atom. The van der Waals surface area contributed by atoms with Gasteiger partial charge in [-0.15, -0.1) is 0 Å². The number of benzene rings is 1. The fraction of sp³-hybridized carbons (Fsp3) is 0.250. The number of imidazole rings is 1. The Morgan fingerprint density at radius 1 is 1.33 bits per heavy atom. The van der Waals surface area contributed by atoms with Crippen LogP contribution in [0.25, 0.3) is 11.7 Å². The minimum absolute atomic E-state index is 0.0484. The summed E-state index contributed by atoms with van der Waals surface area (Å²) in [6.07, 6.45) is 4.08. The zero-order valence-corrected chi connectivity index (χ0v) is 18.5. The lowest BCUT2D eigenvalue weighted by Gasteiger charge is -2.16. The maximum absolute atomic E-state index is 14.0. The highest BCUT2D eigenvalue weighted by molar-refractivity contribution is 6.36. The van der Waals surface area contributed by atoms with E-state index in [1.165, 1.54) is 28.9 Å². The third-order valence-electron chi connectivity index (χ3n) is 5.01. The molecule has 5 rings (SSSR count). The van der Waals surface area contributed by atoms with Crippen molar-refractivity contribution in [1.29, 1.82) is 0 Å². The number of rotatable bonds is 5. The van der Waals surface area contributed by atoms with Crippen molar-refractivity contribution in [2.75, 3.05) is 0 Å². The van der Waals surface area contributed by atoms with Gasteiger partial charge < -0.3 is 14.8 Å². The first-order valence-electron chi connectivity index (χ1n) is 9.93. The van der Waals surface area contributed by atoms with Crippen LogP contribution < -0.4 is 21.3 Å². The topological polar surface area (TPSA) is 134 Å². The second-order valence-electron chi connectivity index (χ2n) is 7.50. The summed E-state index contributed by atoms with van der Waals surface area (Å²) in [5, 5.41) is 14.7. The summed E-state index contributed by atoms with van der Waals surface area (Å²) in [7, 11) is 0. The normalized spacial score (nSPS) is 16.0. The highest BCUT2D eigenvalue weighted by atomic mass is 35.5. The van der Waals surface area contributed by atoms with Gasteiger partial charge in [-0.05, 0) is 38.0 Å². The second kappa shape index (κ2) is 8.16. The minimum Gasteiger partial charge on any atom is -0.493 e. The summed E-state index contributed by atoms with van der Waals surface area (Å²) < 4.78 is 21.3. The molecule has 3 N–H and O–H groups in total. The van der Waals surface area contributed by atoms with Crippen LogP contribution in [-0.4, -0.2) is 40.7 Å². The molecule has 1 aliphatic rings. The average molecular weight is 492 g/mol. The lowest BCUT2D eigenvalue weighted by molar-refractivity contribution is 0.205. The first-order chi connectivity index (χ1) is 15.8. The lowest BCUT2D eigenvalue weighted by atomic mass is 10.1. The van der Waals surface area contributed by atoms with E-state index in [-0.39, 0.29) is 44.9 Å². The van der Waals surface area contributed by atoms with Gasteiger partial charge in [-0.25, -0.2) is 14.2 Å². The maximum Gasteiger partial charge on any atom is 0.326 e. The highest BCUT2D eigenvalue weighted by Crippen LogP contribution is 2.34. The van der Waals surface area contributed by atoms with Gasteiger partial charge in [0.2, 0.25) is 5.88 Å². The highest BCUT2D eigenvalue weighted by Gasteiger charge is 2.23. The van der Waals surface area contributed by atoms with Gasteiger partial charge in [-0.3, -0.25) is 4.98 Å². The van der Waals surface area contributed by atoms with E-state index in [4.69, 9.17) is 27.9 Å². The summed E-state index contributed by atoms with van der Waals surface area (Å²) >= 11 is 12.3. The molecule has 0 saturated heterocycles. The standard InChI is InChI=1S/C20H16Cl2FN7O3/c1-8(14-11(21)4-5-12(23)15(14)22)33-20-27-16-9(6-13-17(31)28-19(32)26-13)7-24-30(16)18(29-20)25-10-2-3-10/h4-8,10,31H,2-3H2,1H3,(H2,26,28,32)/t8-/m1/s1. The van der Waals surface area contributed by atoms with Crippen molar-refractivity contribution < 1.29 is 14.2 Å². The molecule has 0 amide bonds. The number of ether oxygens (including phenoxy) is 1. The molecule has 10 nitrogen and oxygen atoms in total. The molecule has 0 radical (unpaired) electrons. The second-order valence-corrected chi connectivity index (χ2v) is 8.29. The van der Waals surface area contributed by atoms with E-state index < -0.39 is 17.6 Å². The van der Waals surface area contributed by atoms with Crippen LogP contribution in [0.1, 0.15) is 37.1 Å². The summed E-state index contributed by atoms with van der Waals surface area (Å²) in [5.74, 6) is -0.947. The summed E-state index contributed by atoms with van der Waals surface area (Å²) in [4.78, 5) is 29.5. The van der Waals surface area contributed by atoms with E-state index >= 15 is 0 Å². The molecule has 4 aromatic rings. The Labute approximate surface area is 194 Å². The van der Waals surface area contributed by atoms with Crippen molar-refractivity contribution in [3.8, 4) is 11.9 Å². The molecule has 33 heavy (non-hydrogen) atoms. The Kier molecular flexibility index (Phi) is 5.29. The van der Waals surface area contributed by atoms with Crippen LogP contribution in [0.15, 0.2) is 28.1 Å². The quantitative estimate of drug-likeness (QED) is 0.365. The van der Waals surface area contributed by atoms with E-state index in [0.717, 1.165) is 12.8 Å². The van der Waals surface area contributed by atoms with Crippen molar-refractivity contribution in [3.63, 3.8) is 0 Å². The molecule has 1 atom stereocenters. The first kappa shape index (κ1) is 21.4. The van der Waals surface area contributed by atoms with Crippen molar-refractivity contribution in [2.24, 2.45) is 4.99 Å². The molecule has 13 heteroatoms. The number of nitrogens with zero attached hydrogens (tertiary/aromatic N) is 5. The van der Waals surface area contributed by atoms with Gasteiger partial charge in [-0.1, -0.05) is 23.2 Å². The van der Waals surface area contributed by atoms with Gasteiger partial charge in [0.1, 0.15) is 17.6 Å². The zero-order chi connectivity index (χ0) is 23.3. The van der Waals surface area contributed by atoms with Crippen LogP contribution in [0, 0.1) is 5.82 Å². The van der Waals surface area contributed by atoms with Crippen LogP contribution >= 0.6 is 23.2 Å². The molecule has 1 aliphatic carbocycles. The summed E-state index contributed by atoms with van der Waals surface area (Å²) in [6, 6.07) is 2.64. The zero-order valence-electron chi connectivity index (χ0n) is 17.0. The fourth-order valence-corrected chi connectivity index (χ4v) is 3.92. The van der Waals surface area contributed by atoms with Gasteiger partial charge in [0.15, 0.2) is 5.65 Å². The predicted octanol–water partition coefficient (Wildman–Crippen LogP) is 2.04. The first-order valence-corrected chi connectivity index (χ1v) is 10.7. The van der Waals surface area contributed by atoms with E-state index in [0.29, 0.717) is 10.9 Å². The van der Waals surface area contributed by atoms with E-state index in [1.807, 2.05) is 0 Å². The molecule has 1 saturated carbocycles. The van der Waals surface area contributed by atoms with Gasteiger partial charge in [0.05, 0.1) is 17.3 Å². The molecule has 3 heterocycles. The van der Waals surface area contributed by atoms with E-state index in [9.17, 15) is 14.3 Å². The number of aromatic nitrogens is 6. The van der Waals surface area contributed by atoms with Crippen molar-refractivity contribution in [2.45, 2.75) is 31.9 Å². The van der Waals surface area contributed by atoms with Crippen LogP contribution in [0.3, 0.4) is 0 Å². The number of hydrogen-bond donors (Lipinski definition) is 3. The van der Waals surface area contributed by atoms with Crippen molar-refractivity contribution in [3.05, 3.63) is 66.8 Å². The smallest absolute Gasteiger partial charge is 0.326 e. The molecule has 0 aliphatic heterocycles. The molecule has 0 unspecified atom stereocenters. The number of fused-ring (bicyclic) bond motifs is 1. The molecular formula is C20H16Cl2FN7O3. The largest absolute Gasteiger partial charge is 0.493 e. The van der Waals surface area contributed by atoms with Crippen LogP contribution in [0.2, 0.25) is 10.0 Å². The van der Waals surface area contributed by atoms with Crippen molar-refractivity contribution >= 4 is 34.9 Å². The predicted molar refractivity (Wildman–Crippen MR) is 117 cm³/mol. The fourth-order valence-electron chi connectivity index (χ4n) is 3.25. The van der Waals surface area contributed by atoms with Gasteiger partial charge in [-0.2, -0.15) is 19.6 Å². The summed E-state index contributed by atoms with van der Waals surface area (Å²) in [6.45, 7) is 1.64. The number of aromatic amines is 2. The molecule has 3 aromatic heterocycles. The molecule has 0 bridgehead atoms. The number of H-pyrrole nitrogens is 2. The molecule has 170 valence electrons. The lowest BCUT2D eigenvalue weighted by Crippen LogP contribution is -2.24. The number of hydrogen-bond acceptors (Lipinski definition) is 7. The van der Waals surface area contributed by atoms with E-state index in [1.54, 1.807) is 6.92 Å². The third kappa shape index (κ3) is 4.16. The molecule has 0 spiro atoms. The average Bonchev–Trinajstić information content (AvgIpc) is 3.40. The monoisotopic (exact) mass is 491 g/mol. The van der Waals surface area contributed by atoms with Gasteiger partial charge >= 0.3 is 11.7 Å². The molecular weight excluding hydrogens is 476 g/mol. The maximum atomic E-state index is 14.0. The number of halogens is 3. The van der Waals surface area contributed by atoms with E-state index in [2.05, 4.69) is 30.0 Å². The molecule has 1 aromatic carbocycles. The Balaban J connectivity index is 1.63. The molecule has 1 fully saturated rings. The van der Waals surface area contributed by atoms with Crippen LogP contribution in [0.4, 0.5) is 4.39 Å². The minimum atomic E-state index is -0.780. The van der Waals surface area contributed by atoms with Gasteiger partial charge in [0, 0.05) is 15.8 Å². The van der Waals surface area contributed by atoms with Crippen LogP contribution in [-0.2, 0) is 0 Å². The Bertz CT molecular complexity index is 1560. The third-order valence-corrected chi connectivity index (χ3v) is 5.72. The number of nitrogens with one attached hydrogen (secondary N) is 2. The SMILES string of the molecule is C[C@@H](Oc1nc(=NC2CC2)n2ncc(=Cc3[nH]c(=O)[nH]c3O)c2n1)c1c(Cl)ccc(F)c1Cl. The van der Waals surface area contributed by atoms with Crippen molar-refractivity contribution in [1.82, 2.24) is 29.5 Å². The Hall–Kier alpha value is -3.44. The number of aromatic hydroxyl groups is 1. The van der Waals surface area contributed by atoms with Gasteiger partial charge in [0.25, 0.3) is 5.62 Å². The van der Waals surface area contributed by atoms with Crippen LogP contribution in [0.5, 0.6) is 11.9 Å². The Morgan fingerprint density at radius 3 is 2.82 bits per heavy atom.